The highest BCUT2D eigenvalue weighted by Crippen LogP contribution is 2.18. The molecule has 0 aliphatic rings. The number of hydrogen-bond donors (Lipinski definition) is 2. The van der Waals surface area contributed by atoms with Crippen molar-refractivity contribution < 1.29 is 9.59 Å². The van der Waals surface area contributed by atoms with Crippen molar-refractivity contribution in [1.29, 1.82) is 0 Å². The SMILES string of the molecule is CSc1ccc(NC(=O)/C(=C/c2ccc(Cl)cc2)NC(=O)c2ccccc2)cc1. The van der Waals surface area contributed by atoms with Crippen LogP contribution < -0.4 is 10.6 Å². The highest BCUT2D eigenvalue weighted by molar-refractivity contribution is 7.98. The van der Waals surface area contributed by atoms with Crippen LogP contribution in [0.2, 0.25) is 5.02 Å². The van der Waals surface area contributed by atoms with Crippen LogP contribution in [0.1, 0.15) is 15.9 Å². The highest BCUT2D eigenvalue weighted by Gasteiger charge is 2.15. The van der Waals surface area contributed by atoms with Crippen molar-refractivity contribution >= 4 is 46.9 Å². The van der Waals surface area contributed by atoms with E-state index in [-0.39, 0.29) is 11.6 Å². The summed E-state index contributed by atoms with van der Waals surface area (Å²) in [6, 6.07) is 23.2. The molecule has 146 valence electrons. The Bertz CT molecular complexity index is 1020. The van der Waals surface area contributed by atoms with Crippen LogP contribution in [0.5, 0.6) is 0 Å². The van der Waals surface area contributed by atoms with Gasteiger partial charge < -0.3 is 10.6 Å². The van der Waals surface area contributed by atoms with Crippen LogP contribution in [0.25, 0.3) is 6.08 Å². The minimum Gasteiger partial charge on any atom is -0.321 e. The van der Waals surface area contributed by atoms with Crippen LogP contribution in [-0.4, -0.2) is 18.1 Å². The van der Waals surface area contributed by atoms with E-state index < -0.39 is 5.91 Å². The Kier molecular flexibility index (Phi) is 7.11. The Hall–Kier alpha value is -3.02. The van der Waals surface area contributed by atoms with Crippen molar-refractivity contribution in [3.05, 3.63) is 101 Å². The number of carbonyl (C=O) groups excluding carboxylic acids is 2. The molecule has 2 N–H and O–H groups in total. The fraction of sp³-hybridized carbons (Fsp3) is 0.0435. The van der Waals surface area contributed by atoms with Gasteiger partial charge in [-0.25, -0.2) is 0 Å². The van der Waals surface area contributed by atoms with Crippen molar-refractivity contribution in [2.24, 2.45) is 0 Å². The summed E-state index contributed by atoms with van der Waals surface area (Å²) in [7, 11) is 0. The lowest BCUT2D eigenvalue weighted by Crippen LogP contribution is -2.30. The molecule has 0 unspecified atom stereocenters. The molecule has 0 radical (unpaired) electrons. The van der Waals surface area contributed by atoms with Gasteiger partial charge in [0.05, 0.1) is 0 Å². The van der Waals surface area contributed by atoms with E-state index in [1.807, 2.05) is 36.6 Å². The van der Waals surface area contributed by atoms with E-state index in [4.69, 9.17) is 11.6 Å². The van der Waals surface area contributed by atoms with Gasteiger partial charge >= 0.3 is 0 Å². The normalized spacial score (nSPS) is 11.0. The van der Waals surface area contributed by atoms with E-state index >= 15 is 0 Å². The molecule has 0 fully saturated rings. The Morgan fingerprint density at radius 1 is 0.897 bits per heavy atom. The van der Waals surface area contributed by atoms with Gasteiger partial charge in [0.25, 0.3) is 11.8 Å². The molecule has 0 spiro atoms. The number of rotatable bonds is 6. The van der Waals surface area contributed by atoms with Crippen LogP contribution in [-0.2, 0) is 4.79 Å². The van der Waals surface area contributed by atoms with Crippen LogP contribution >= 0.6 is 23.4 Å². The average molecular weight is 423 g/mol. The van der Waals surface area contributed by atoms with E-state index in [0.29, 0.717) is 16.3 Å². The second kappa shape index (κ2) is 9.96. The highest BCUT2D eigenvalue weighted by atomic mass is 35.5. The van der Waals surface area contributed by atoms with Gasteiger partial charge in [0.2, 0.25) is 0 Å². The number of halogens is 1. The van der Waals surface area contributed by atoms with Gasteiger partial charge in [-0.15, -0.1) is 11.8 Å². The van der Waals surface area contributed by atoms with Crippen LogP contribution in [0.15, 0.2) is 89.5 Å². The van der Waals surface area contributed by atoms with Gasteiger partial charge in [-0.2, -0.15) is 0 Å². The van der Waals surface area contributed by atoms with Gasteiger partial charge in [0, 0.05) is 21.2 Å². The van der Waals surface area contributed by atoms with Crippen molar-refractivity contribution in [2.45, 2.75) is 4.90 Å². The second-order valence-corrected chi connectivity index (χ2v) is 7.43. The number of anilines is 1. The fourth-order valence-corrected chi connectivity index (χ4v) is 3.08. The quantitative estimate of drug-likeness (QED) is 0.409. The molecule has 29 heavy (non-hydrogen) atoms. The molecule has 0 atom stereocenters. The summed E-state index contributed by atoms with van der Waals surface area (Å²) in [5.41, 5.74) is 1.98. The van der Waals surface area contributed by atoms with E-state index in [9.17, 15) is 9.59 Å². The molecule has 0 bridgehead atoms. The fourth-order valence-electron chi connectivity index (χ4n) is 2.54. The molecule has 3 aromatic carbocycles. The number of benzene rings is 3. The Morgan fingerprint density at radius 3 is 2.17 bits per heavy atom. The number of carbonyl (C=O) groups is 2. The molecule has 0 saturated carbocycles. The number of hydrogen-bond acceptors (Lipinski definition) is 3. The monoisotopic (exact) mass is 422 g/mol. The Morgan fingerprint density at radius 2 is 1.55 bits per heavy atom. The first-order valence-electron chi connectivity index (χ1n) is 8.84. The van der Waals surface area contributed by atoms with Crippen LogP contribution in [0.3, 0.4) is 0 Å². The molecule has 2 amide bonds. The predicted octanol–water partition coefficient (Wildman–Crippen LogP) is 5.47. The van der Waals surface area contributed by atoms with Gasteiger partial charge in [-0.1, -0.05) is 41.9 Å². The zero-order valence-electron chi connectivity index (χ0n) is 15.7. The molecule has 6 heteroatoms. The summed E-state index contributed by atoms with van der Waals surface area (Å²) in [5.74, 6) is -0.778. The lowest BCUT2D eigenvalue weighted by molar-refractivity contribution is -0.113. The third-order valence-corrected chi connectivity index (χ3v) is 5.05. The molecule has 0 heterocycles. The zero-order valence-corrected chi connectivity index (χ0v) is 17.3. The van der Waals surface area contributed by atoms with Gasteiger partial charge in [0.15, 0.2) is 0 Å². The molecule has 0 aromatic heterocycles. The number of amides is 2. The molecular weight excluding hydrogens is 404 g/mol. The lowest BCUT2D eigenvalue weighted by atomic mass is 10.1. The third-order valence-electron chi connectivity index (χ3n) is 4.06. The smallest absolute Gasteiger partial charge is 0.272 e. The van der Waals surface area contributed by atoms with Gasteiger partial charge in [-0.3, -0.25) is 9.59 Å². The Balaban J connectivity index is 1.85. The van der Waals surface area contributed by atoms with E-state index in [0.717, 1.165) is 10.5 Å². The lowest BCUT2D eigenvalue weighted by Gasteiger charge is -2.12. The summed E-state index contributed by atoms with van der Waals surface area (Å²) in [6.07, 6.45) is 3.60. The molecule has 0 aliphatic heterocycles. The minimum absolute atomic E-state index is 0.134. The summed E-state index contributed by atoms with van der Waals surface area (Å²) < 4.78 is 0. The van der Waals surface area contributed by atoms with Crippen molar-refractivity contribution in [3.63, 3.8) is 0 Å². The third kappa shape index (κ3) is 5.98. The van der Waals surface area contributed by atoms with E-state index in [1.54, 1.807) is 66.4 Å². The summed E-state index contributed by atoms with van der Waals surface area (Å²) >= 11 is 7.56. The number of thioether (sulfide) groups is 1. The maximum atomic E-state index is 12.9. The molecule has 0 saturated heterocycles. The van der Waals surface area contributed by atoms with Crippen molar-refractivity contribution in [2.75, 3.05) is 11.6 Å². The maximum absolute atomic E-state index is 12.9. The van der Waals surface area contributed by atoms with Gasteiger partial charge in [0.1, 0.15) is 5.70 Å². The zero-order chi connectivity index (χ0) is 20.6. The molecular formula is C23H19ClN2O2S. The predicted molar refractivity (Wildman–Crippen MR) is 120 cm³/mol. The van der Waals surface area contributed by atoms with Crippen molar-refractivity contribution in [1.82, 2.24) is 5.32 Å². The first-order valence-corrected chi connectivity index (χ1v) is 10.4. The standard InChI is InChI=1S/C23H19ClN2O2S/c1-29-20-13-11-19(12-14-20)25-23(28)21(15-16-7-9-18(24)10-8-16)26-22(27)17-5-3-2-4-6-17/h2-15H,1H3,(H,25,28)(H,26,27)/b21-15-. The topological polar surface area (TPSA) is 58.2 Å². The first-order chi connectivity index (χ1) is 14.0. The van der Waals surface area contributed by atoms with Crippen LogP contribution in [0.4, 0.5) is 5.69 Å². The maximum Gasteiger partial charge on any atom is 0.272 e. The van der Waals surface area contributed by atoms with E-state index in [2.05, 4.69) is 10.6 Å². The minimum atomic E-state index is -0.416. The van der Waals surface area contributed by atoms with Crippen molar-refractivity contribution in [3.8, 4) is 0 Å². The average Bonchev–Trinajstić information content (AvgIpc) is 2.76. The Labute approximate surface area is 179 Å². The summed E-state index contributed by atoms with van der Waals surface area (Å²) in [5, 5.41) is 6.13. The van der Waals surface area contributed by atoms with Gasteiger partial charge in [-0.05, 0) is 66.4 Å². The van der Waals surface area contributed by atoms with Crippen LogP contribution in [0, 0.1) is 0 Å². The molecule has 4 nitrogen and oxygen atoms in total. The molecule has 0 aliphatic carbocycles. The second-order valence-electron chi connectivity index (χ2n) is 6.11. The molecule has 3 rings (SSSR count). The largest absolute Gasteiger partial charge is 0.321 e. The first kappa shape index (κ1) is 20.7. The summed E-state index contributed by atoms with van der Waals surface area (Å²) in [6.45, 7) is 0. The van der Waals surface area contributed by atoms with E-state index in [1.165, 1.54) is 0 Å². The summed E-state index contributed by atoms with van der Waals surface area (Å²) in [4.78, 5) is 26.6. The number of nitrogens with one attached hydrogen (secondary N) is 2. The molecule has 3 aromatic rings.